The topological polar surface area (TPSA) is 49.3 Å². The zero-order valence-corrected chi connectivity index (χ0v) is 11.7. The van der Waals surface area contributed by atoms with Crippen LogP contribution in [0, 0.1) is 11.7 Å². The van der Waals surface area contributed by atoms with E-state index in [1.54, 1.807) is 0 Å². The maximum absolute atomic E-state index is 12.8. The van der Waals surface area contributed by atoms with Gasteiger partial charge in [-0.1, -0.05) is 26.7 Å². The summed E-state index contributed by atoms with van der Waals surface area (Å²) in [6.45, 7) is 6.26. The van der Waals surface area contributed by atoms with E-state index < -0.39 is 5.82 Å². The summed E-state index contributed by atoms with van der Waals surface area (Å²) >= 11 is 0. The third kappa shape index (κ3) is 5.28. The molecule has 0 fully saturated rings. The fraction of sp³-hybridized carbons (Fsp3) is 0.533. The number of aromatic hydroxyl groups is 1. The van der Waals surface area contributed by atoms with E-state index in [1.807, 2.05) is 6.92 Å². The van der Waals surface area contributed by atoms with Gasteiger partial charge >= 0.3 is 0 Å². The van der Waals surface area contributed by atoms with E-state index in [1.165, 1.54) is 6.07 Å². The Hall–Kier alpha value is -1.58. The van der Waals surface area contributed by atoms with Crippen molar-refractivity contribution in [2.45, 2.75) is 46.1 Å². The highest BCUT2D eigenvalue weighted by molar-refractivity contribution is 5.96. The quantitative estimate of drug-likeness (QED) is 0.829. The number of halogens is 1. The second-order valence-electron chi connectivity index (χ2n) is 5.36. The largest absolute Gasteiger partial charge is 0.507 e. The Bertz CT molecular complexity index is 432. The number of phenolic OH excluding ortho intramolecular Hbond substituents is 1. The Morgan fingerprint density at radius 3 is 2.58 bits per heavy atom. The van der Waals surface area contributed by atoms with Crippen LogP contribution in [-0.4, -0.2) is 17.1 Å². The average Bonchev–Trinajstić information content (AvgIpc) is 2.27. The lowest BCUT2D eigenvalue weighted by atomic mass is 10.0. The Balaban J connectivity index is 2.50. The van der Waals surface area contributed by atoms with Gasteiger partial charge < -0.3 is 10.4 Å². The molecule has 0 spiro atoms. The van der Waals surface area contributed by atoms with E-state index in [-0.39, 0.29) is 23.3 Å². The van der Waals surface area contributed by atoms with E-state index in [0.717, 1.165) is 31.4 Å². The molecule has 0 radical (unpaired) electrons. The molecule has 0 aliphatic carbocycles. The van der Waals surface area contributed by atoms with E-state index in [2.05, 4.69) is 19.2 Å². The van der Waals surface area contributed by atoms with Crippen LogP contribution < -0.4 is 5.32 Å². The first-order chi connectivity index (χ1) is 8.90. The maximum atomic E-state index is 12.8. The number of hydrogen-bond acceptors (Lipinski definition) is 2. The number of amides is 1. The van der Waals surface area contributed by atoms with Crippen molar-refractivity contribution in [3.05, 3.63) is 29.6 Å². The van der Waals surface area contributed by atoms with Crippen molar-refractivity contribution < 1.29 is 14.3 Å². The number of carbonyl (C=O) groups is 1. The highest BCUT2D eigenvalue weighted by atomic mass is 19.1. The van der Waals surface area contributed by atoms with E-state index in [0.29, 0.717) is 5.92 Å². The minimum Gasteiger partial charge on any atom is -0.507 e. The molecule has 0 saturated heterocycles. The normalized spacial score (nSPS) is 12.5. The molecule has 1 amide bonds. The number of benzene rings is 1. The fourth-order valence-corrected chi connectivity index (χ4v) is 1.90. The van der Waals surface area contributed by atoms with Crippen molar-refractivity contribution in [3.63, 3.8) is 0 Å². The first-order valence-corrected chi connectivity index (χ1v) is 6.69. The van der Waals surface area contributed by atoms with Crippen molar-refractivity contribution in [2.24, 2.45) is 5.92 Å². The number of carbonyl (C=O) groups excluding carboxylic acids is 1. The molecular formula is C15H22FNO2. The van der Waals surface area contributed by atoms with Crippen molar-refractivity contribution in [1.29, 1.82) is 0 Å². The van der Waals surface area contributed by atoms with Crippen LogP contribution in [0.3, 0.4) is 0 Å². The molecule has 1 rings (SSSR count). The highest BCUT2D eigenvalue weighted by Crippen LogP contribution is 2.18. The third-order valence-corrected chi connectivity index (χ3v) is 3.00. The zero-order valence-electron chi connectivity index (χ0n) is 11.7. The van der Waals surface area contributed by atoms with Gasteiger partial charge in [0, 0.05) is 12.1 Å². The van der Waals surface area contributed by atoms with Gasteiger partial charge in [-0.15, -0.1) is 0 Å². The smallest absolute Gasteiger partial charge is 0.255 e. The van der Waals surface area contributed by atoms with Crippen molar-refractivity contribution in [1.82, 2.24) is 5.32 Å². The Morgan fingerprint density at radius 1 is 1.32 bits per heavy atom. The summed E-state index contributed by atoms with van der Waals surface area (Å²) in [4.78, 5) is 11.9. The van der Waals surface area contributed by atoms with Gasteiger partial charge in [-0.25, -0.2) is 4.39 Å². The monoisotopic (exact) mass is 267 g/mol. The number of phenols is 1. The minimum absolute atomic E-state index is 0.0377. The van der Waals surface area contributed by atoms with Crippen LogP contribution in [0.15, 0.2) is 18.2 Å². The Kier molecular flexibility index (Phi) is 5.80. The molecule has 0 heterocycles. The predicted molar refractivity (Wildman–Crippen MR) is 73.7 cm³/mol. The van der Waals surface area contributed by atoms with Gasteiger partial charge in [-0.05, 0) is 31.4 Å². The second-order valence-corrected chi connectivity index (χ2v) is 5.36. The van der Waals surface area contributed by atoms with Crippen LogP contribution in [-0.2, 0) is 0 Å². The van der Waals surface area contributed by atoms with Gasteiger partial charge in [0.15, 0.2) is 0 Å². The molecule has 4 heteroatoms. The molecule has 1 atom stereocenters. The summed E-state index contributed by atoms with van der Waals surface area (Å²) in [5.74, 6) is -0.593. The average molecular weight is 267 g/mol. The second kappa shape index (κ2) is 7.12. The SMILES string of the molecule is CC(C)CCCC(C)NC(=O)c1ccc(F)cc1O. The molecule has 3 nitrogen and oxygen atoms in total. The lowest BCUT2D eigenvalue weighted by Gasteiger charge is -2.15. The van der Waals surface area contributed by atoms with Crippen LogP contribution in [0.1, 0.15) is 50.4 Å². The van der Waals surface area contributed by atoms with Gasteiger partial charge in [0.1, 0.15) is 11.6 Å². The van der Waals surface area contributed by atoms with Gasteiger partial charge in [-0.2, -0.15) is 0 Å². The molecule has 19 heavy (non-hydrogen) atoms. The highest BCUT2D eigenvalue weighted by Gasteiger charge is 2.14. The zero-order chi connectivity index (χ0) is 14.4. The van der Waals surface area contributed by atoms with Crippen LogP contribution >= 0.6 is 0 Å². The number of hydrogen-bond donors (Lipinski definition) is 2. The van der Waals surface area contributed by atoms with Gasteiger partial charge in [0.25, 0.3) is 5.91 Å². The van der Waals surface area contributed by atoms with Crippen molar-refractivity contribution in [3.8, 4) is 5.75 Å². The number of rotatable bonds is 6. The summed E-state index contributed by atoms with van der Waals surface area (Å²) in [7, 11) is 0. The van der Waals surface area contributed by atoms with E-state index in [4.69, 9.17) is 0 Å². The predicted octanol–water partition coefficient (Wildman–Crippen LogP) is 3.48. The Labute approximate surface area is 113 Å². The lowest BCUT2D eigenvalue weighted by Crippen LogP contribution is -2.32. The maximum Gasteiger partial charge on any atom is 0.255 e. The number of nitrogens with one attached hydrogen (secondary N) is 1. The molecular weight excluding hydrogens is 245 g/mol. The molecule has 0 bridgehead atoms. The first kappa shape index (κ1) is 15.5. The van der Waals surface area contributed by atoms with Crippen LogP contribution in [0.25, 0.3) is 0 Å². The van der Waals surface area contributed by atoms with E-state index in [9.17, 15) is 14.3 Å². The molecule has 0 aromatic heterocycles. The first-order valence-electron chi connectivity index (χ1n) is 6.69. The Morgan fingerprint density at radius 2 is 2.00 bits per heavy atom. The lowest BCUT2D eigenvalue weighted by molar-refractivity contribution is 0.0935. The summed E-state index contributed by atoms with van der Waals surface area (Å²) in [5.41, 5.74) is 0.108. The molecule has 0 saturated carbocycles. The van der Waals surface area contributed by atoms with Crippen LogP contribution in [0.2, 0.25) is 0 Å². The summed E-state index contributed by atoms with van der Waals surface area (Å²) < 4.78 is 12.8. The molecule has 1 aromatic rings. The molecule has 0 aliphatic rings. The summed E-state index contributed by atoms with van der Waals surface area (Å²) in [5, 5.41) is 12.3. The summed E-state index contributed by atoms with van der Waals surface area (Å²) in [6, 6.07) is 3.44. The van der Waals surface area contributed by atoms with Gasteiger partial charge in [-0.3, -0.25) is 4.79 Å². The van der Waals surface area contributed by atoms with Crippen molar-refractivity contribution >= 4 is 5.91 Å². The van der Waals surface area contributed by atoms with Gasteiger partial charge in [0.2, 0.25) is 0 Å². The molecule has 106 valence electrons. The third-order valence-electron chi connectivity index (χ3n) is 3.00. The molecule has 1 unspecified atom stereocenters. The molecule has 2 N–H and O–H groups in total. The van der Waals surface area contributed by atoms with Gasteiger partial charge in [0.05, 0.1) is 5.56 Å². The fourth-order valence-electron chi connectivity index (χ4n) is 1.90. The summed E-state index contributed by atoms with van der Waals surface area (Å²) in [6.07, 6.45) is 3.07. The van der Waals surface area contributed by atoms with Crippen LogP contribution in [0.4, 0.5) is 4.39 Å². The van der Waals surface area contributed by atoms with E-state index >= 15 is 0 Å². The van der Waals surface area contributed by atoms with Crippen LogP contribution in [0.5, 0.6) is 5.75 Å². The molecule has 1 aromatic carbocycles. The molecule has 0 aliphatic heterocycles. The minimum atomic E-state index is -0.556. The van der Waals surface area contributed by atoms with Crippen molar-refractivity contribution in [2.75, 3.05) is 0 Å². The standard InChI is InChI=1S/C15H22FNO2/c1-10(2)5-4-6-11(3)17-15(19)13-8-7-12(16)9-14(13)18/h7-11,18H,4-6H2,1-3H3,(H,17,19).